The molecule has 2 aromatic rings. The van der Waals surface area contributed by atoms with Crippen LogP contribution in [-0.2, 0) is 7.05 Å². The van der Waals surface area contributed by atoms with Crippen molar-refractivity contribution in [3.63, 3.8) is 0 Å². The maximum absolute atomic E-state index is 6.07. The number of hydrazine groups is 1. The molecule has 2 heterocycles. The summed E-state index contributed by atoms with van der Waals surface area (Å²) in [4.78, 5) is 4.21. The van der Waals surface area contributed by atoms with Gasteiger partial charge in [0.25, 0.3) is 0 Å². The van der Waals surface area contributed by atoms with E-state index in [0.29, 0.717) is 10.0 Å². The van der Waals surface area contributed by atoms with Crippen LogP contribution in [0.4, 0.5) is 0 Å². The molecule has 0 radical (unpaired) electrons. The van der Waals surface area contributed by atoms with Crippen molar-refractivity contribution in [3.8, 4) is 0 Å². The molecule has 90 valence electrons. The molecule has 0 fully saturated rings. The molecule has 0 aliphatic heterocycles. The smallest absolute Gasteiger partial charge is 0.106 e. The highest BCUT2D eigenvalue weighted by molar-refractivity contribution is 6.31. The molecule has 0 aliphatic rings. The van der Waals surface area contributed by atoms with Gasteiger partial charge < -0.3 is 0 Å². The molecular formula is C10H11Cl2N5. The van der Waals surface area contributed by atoms with Crippen LogP contribution in [0.15, 0.2) is 24.5 Å². The zero-order valence-corrected chi connectivity index (χ0v) is 10.6. The van der Waals surface area contributed by atoms with Crippen LogP contribution in [0.1, 0.15) is 17.4 Å². The number of halogens is 2. The second-order valence-corrected chi connectivity index (χ2v) is 4.35. The van der Waals surface area contributed by atoms with Gasteiger partial charge in [0.15, 0.2) is 0 Å². The van der Waals surface area contributed by atoms with Gasteiger partial charge in [0, 0.05) is 13.2 Å². The summed E-state index contributed by atoms with van der Waals surface area (Å²) in [5.41, 5.74) is 4.15. The van der Waals surface area contributed by atoms with Gasteiger partial charge in [-0.1, -0.05) is 23.2 Å². The zero-order valence-electron chi connectivity index (χ0n) is 9.06. The Hall–Kier alpha value is -1.14. The van der Waals surface area contributed by atoms with Crippen LogP contribution in [-0.4, -0.2) is 14.8 Å². The Labute approximate surface area is 109 Å². The van der Waals surface area contributed by atoms with E-state index in [1.165, 1.54) is 0 Å². The van der Waals surface area contributed by atoms with Crippen molar-refractivity contribution in [3.05, 3.63) is 46.0 Å². The van der Waals surface area contributed by atoms with E-state index < -0.39 is 0 Å². The molecule has 0 saturated heterocycles. The predicted octanol–water partition coefficient (Wildman–Crippen LogP) is 1.67. The van der Waals surface area contributed by atoms with Crippen molar-refractivity contribution in [2.45, 2.75) is 6.04 Å². The average molecular weight is 272 g/mol. The highest BCUT2D eigenvalue weighted by Crippen LogP contribution is 2.26. The molecule has 5 nitrogen and oxygen atoms in total. The Morgan fingerprint density at radius 1 is 1.35 bits per heavy atom. The van der Waals surface area contributed by atoms with Crippen LogP contribution in [0.5, 0.6) is 0 Å². The monoisotopic (exact) mass is 271 g/mol. The lowest BCUT2D eigenvalue weighted by Gasteiger charge is -2.16. The normalized spacial score (nSPS) is 12.7. The standard InChI is InChI=1S/C10H11Cl2N5/c1-17-10(7(12)5-15-17)9(16-13)8-3-2-6(11)4-14-8/h2-5,9,16H,13H2,1H3. The van der Waals surface area contributed by atoms with Crippen molar-refractivity contribution >= 4 is 23.2 Å². The van der Waals surface area contributed by atoms with E-state index in [0.717, 1.165) is 11.4 Å². The Balaban J connectivity index is 2.43. The van der Waals surface area contributed by atoms with Crippen molar-refractivity contribution < 1.29 is 0 Å². The molecule has 17 heavy (non-hydrogen) atoms. The van der Waals surface area contributed by atoms with Gasteiger partial charge in [-0.05, 0) is 12.1 Å². The fraction of sp³-hybridized carbons (Fsp3) is 0.200. The van der Waals surface area contributed by atoms with Gasteiger partial charge in [-0.25, -0.2) is 5.43 Å². The number of hydrogen-bond donors (Lipinski definition) is 2. The highest BCUT2D eigenvalue weighted by Gasteiger charge is 2.20. The molecule has 0 aliphatic carbocycles. The molecule has 7 heteroatoms. The molecule has 3 N–H and O–H groups in total. The topological polar surface area (TPSA) is 68.8 Å². The molecule has 1 unspecified atom stereocenters. The van der Waals surface area contributed by atoms with Crippen molar-refractivity contribution in [1.29, 1.82) is 0 Å². The van der Waals surface area contributed by atoms with E-state index in [4.69, 9.17) is 29.0 Å². The summed E-state index contributed by atoms with van der Waals surface area (Å²) in [6.07, 6.45) is 3.13. The minimum Gasteiger partial charge on any atom is -0.270 e. The minimum absolute atomic E-state index is 0.327. The number of hydrogen-bond acceptors (Lipinski definition) is 4. The van der Waals surface area contributed by atoms with Crippen LogP contribution in [0.25, 0.3) is 0 Å². The first kappa shape index (κ1) is 12.3. The van der Waals surface area contributed by atoms with Crippen molar-refractivity contribution in [2.24, 2.45) is 12.9 Å². The summed E-state index contributed by atoms with van der Waals surface area (Å²) in [6.45, 7) is 0. The molecule has 0 saturated carbocycles. The van der Waals surface area contributed by atoms with Crippen LogP contribution in [0.3, 0.4) is 0 Å². The maximum atomic E-state index is 6.07. The Morgan fingerprint density at radius 3 is 2.59 bits per heavy atom. The second-order valence-electron chi connectivity index (χ2n) is 3.50. The number of nitrogens with one attached hydrogen (secondary N) is 1. The lowest BCUT2D eigenvalue weighted by molar-refractivity contribution is 0.564. The van der Waals surface area contributed by atoms with E-state index in [1.54, 1.807) is 36.3 Å². The number of pyridine rings is 1. The predicted molar refractivity (Wildman–Crippen MR) is 66.6 cm³/mol. The Bertz CT molecular complexity index is 488. The molecule has 0 aromatic carbocycles. The van der Waals surface area contributed by atoms with Gasteiger partial charge in [0.05, 0.1) is 27.6 Å². The molecule has 1 atom stereocenters. The molecular weight excluding hydrogens is 261 g/mol. The molecule has 0 amide bonds. The van der Waals surface area contributed by atoms with Crippen molar-refractivity contribution in [2.75, 3.05) is 0 Å². The fourth-order valence-corrected chi connectivity index (χ4v) is 1.99. The maximum Gasteiger partial charge on any atom is 0.106 e. The van der Waals surface area contributed by atoms with E-state index in [9.17, 15) is 0 Å². The molecule has 0 bridgehead atoms. The van der Waals surface area contributed by atoms with Gasteiger partial charge >= 0.3 is 0 Å². The third kappa shape index (κ3) is 2.42. The molecule has 0 spiro atoms. The van der Waals surface area contributed by atoms with Crippen molar-refractivity contribution in [1.82, 2.24) is 20.2 Å². The Morgan fingerprint density at radius 2 is 2.12 bits per heavy atom. The number of aromatic nitrogens is 3. The van der Waals surface area contributed by atoms with E-state index in [1.807, 2.05) is 0 Å². The first-order chi connectivity index (χ1) is 8.13. The SMILES string of the molecule is Cn1ncc(Cl)c1C(NN)c1ccc(Cl)cn1. The zero-order chi connectivity index (χ0) is 12.4. The van der Waals surface area contributed by atoms with E-state index >= 15 is 0 Å². The summed E-state index contributed by atoms with van der Waals surface area (Å²) in [5.74, 6) is 5.55. The summed E-state index contributed by atoms with van der Waals surface area (Å²) in [7, 11) is 1.79. The van der Waals surface area contributed by atoms with Crippen LogP contribution in [0.2, 0.25) is 10.0 Å². The van der Waals surface area contributed by atoms with Crippen LogP contribution >= 0.6 is 23.2 Å². The second kappa shape index (κ2) is 5.01. The Kier molecular flexibility index (Phi) is 3.63. The molecule has 2 aromatic heterocycles. The van der Waals surface area contributed by atoms with Gasteiger partial charge in [0.2, 0.25) is 0 Å². The highest BCUT2D eigenvalue weighted by atomic mass is 35.5. The summed E-state index contributed by atoms with van der Waals surface area (Å²) in [5, 5.41) is 5.17. The number of rotatable bonds is 3. The summed E-state index contributed by atoms with van der Waals surface area (Å²) < 4.78 is 1.66. The average Bonchev–Trinajstić information content (AvgIpc) is 2.64. The quantitative estimate of drug-likeness (QED) is 0.658. The first-order valence-corrected chi connectivity index (χ1v) is 5.64. The van der Waals surface area contributed by atoms with E-state index in [2.05, 4.69) is 15.5 Å². The first-order valence-electron chi connectivity index (χ1n) is 4.88. The number of nitrogens with two attached hydrogens (primary N) is 1. The summed E-state index contributed by atoms with van der Waals surface area (Å²) >= 11 is 11.9. The minimum atomic E-state index is -0.327. The molecule has 2 rings (SSSR count). The van der Waals surface area contributed by atoms with E-state index in [-0.39, 0.29) is 6.04 Å². The number of aryl methyl sites for hydroxylation is 1. The van der Waals surface area contributed by atoms with Gasteiger partial charge in [-0.2, -0.15) is 5.10 Å². The fourth-order valence-electron chi connectivity index (χ4n) is 1.61. The van der Waals surface area contributed by atoms with Gasteiger partial charge in [-0.3, -0.25) is 15.5 Å². The van der Waals surface area contributed by atoms with Crippen LogP contribution < -0.4 is 11.3 Å². The number of nitrogens with zero attached hydrogens (tertiary/aromatic N) is 3. The third-order valence-electron chi connectivity index (χ3n) is 2.42. The lowest BCUT2D eigenvalue weighted by atomic mass is 10.1. The third-order valence-corrected chi connectivity index (χ3v) is 2.94. The lowest BCUT2D eigenvalue weighted by Crippen LogP contribution is -2.31. The summed E-state index contributed by atoms with van der Waals surface area (Å²) in [6, 6.07) is 3.21. The van der Waals surface area contributed by atoms with Gasteiger partial charge in [0.1, 0.15) is 6.04 Å². The van der Waals surface area contributed by atoms with Gasteiger partial charge in [-0.15, -0.1) is 0 Å². The largest absolute Gasteiger partial charge is 0.270 e. The van der Waals surface area contributed by atoms with Crippen LogP contribution in [0, 0.1) is 0 Å².